The van der Waals surface area contributed by atoms with Crippen molar-refractivity contribution in [2.75, 3.05) is 14.2 Å². The van der Waals surface area contributed by atoms with Crippen LogP contribution >= 0.6 is 0 Å². The molecule has 4 heteroatoms. The highest BCUT2D eigenvalue weighted by Gasteiger charge is 2.09. The van der Waals surface area contributed by atoms with Crippen LogP contribution in [0.4, 0.5) is 0 Å². The molecule has 0 aliphatic heterocycles. The van der Waals surface area contributed by atoms with E-state index in [4.69, 9.17) is 9.47 Å². The number of hydrogen-bond donors (Lipinski definition) is 1. The SMILES string of the molecule is COc1ccc(OC)c2[nH]c(=O)c(C)cc12. The zero-order valence-electron chi connectivity index (χ0n) is 9.46. The molecule has 1 N–H and O–H groups in total. The molecule has 0 bridgehead atoms. The van der Waals surface area contributed by atoms with Gasteiger partial charge in [0.2, 0.25) is 0 Å². The number of methoxy groups -OCH3 is 2. The zero-order valence-corrected chi connectivity index (χ0v) is 9.46. The molecule has 0 spiro atoms. The van der Waals surface area contributed by atoms with Crippen molar-refractivity contribution in [2.45, 2.75) is 6.92 Å². The van der Waals surface area contributed by atoms with Crippen molar-refractivity contribution in [2.24, 2.45) is 0 Å². The molecule has 0 fully saturated rings. The Balaban J connectivity index is 2.90. The lowest BCUT2D eigenvalue weighted by Crippen LogP contribution is -2.09. The first-order chi connectivity index (χ1) is 7.67. The van der Waals surface area contributed by atoms with E-state index in [1.54, 1.807) is 33.3 Å². The smallest absolute Gasteiger partial charge is 0.251 e. The monoisotopic (exact) mass is 219 g/mol. The minimum absolute atomic E-state index is 0.112. The van der Waals surface area contributed by atoms with Gasteiger partial charge in [-0.05, 0) is 25.1 Å². The first-order valence-corrected chi connectivity index (χ1v) is 4.92. The maximum Gasteiger partial charge on any atom is 0.251 e. The Morgan fingerprint density at radius 1 is 1.12 bits per heavy atom. The van der Waals surface area contributed by atoms with Gasteiger partial charge in [0.1, 0.15) is 11.5 Å². The Labute approximate surface area is 92.8 Å². The fourth-order valence-electron chi connectivity index (χ4n) is 1.69. The Kier molecular flexibility index (Phi) is 2.56. The summed E-state index contributed by atoms with van der Waals surface area (Å²) in [6, 6.07) is 5.39. The van der Waals surface area contributed by atoms with E-state index in [2.05, 4.69) is 4.98 Å². The van der Waals surface area contributed by atoms with Gasteiger partial charge >= 0.3 is 0 Å². The van der Waals surface area contributed by atoms with Crippen LogP contribution in [0.1, 0.15) is 5.56 Å². The second-order valence-corrected chi connectivity index (χ2v) is 3.54. The minimum atomic E-state index is -0.112. The van der Waals surface area contributed by atoms with Crippen LogP contribution in [-0.2, 0) is 0 Å². The molecule has 0 unspecified atom stereocenters. The zero-order chi connectivity index (χ0) is 11.7. The molecule has 1 heterocycles. The predicted octanol–water partition coefficient (Wildman–Crippen LogP) is 1.85. The van der Waals surface area contributed by atoms with E-state index in [1.807, 2.05) is 6.07 Å². The second-order valence-electron chi connectivity index (χ2n) is 3.54. The number of pyridine rings is 1. The van der Waals surface area contributed by atoms with Crippen LogP contribution in [0.5, 0.6) is 11.5 Å². The summed E-state index contributed by atoms with van der Waals surface area (Å²) in [4.78, 5) is 14.3. The molecule has 0 amide bonds. The van der Waals surface area contributed by atoms with Crippen molar-refractivity contribution >= 4 is 10.9 Å². The molecule has 4 nitrogen and oxygen atoms in total. The van der Waals surface area contributed by atoms with Crippen LogP contribution < -0.4 is 15.0 Å². The highest BCUT2D eigenvalue weighted by Crippen LogP contribution is 2.30. The highest BCUT2D eigenvalue weighted by molar-refractivity contribution is 5.90. The molecular weight excluding hydrogens is 206 g/mol. The molecule has 0 saturated carbocycles. The molecule has 1 aromatic carbocycles. The molecule has 2 aromatic rings. The van der Waals surface area contributed by atoms with Crippen LogP contribution in [0.15, 0.2) is 23.0 Å². The van der Waals surface area contributed by atoms with Crippen molar-refractivity contribution in [1.29, 1.82) is 0 Å². The van der Waals surface area contributed by atoms with Gasteiger partial charge in [0.25, 0.3) is 5.56 Å². The summed E-state index contributed by atoms with van der Waals surface area (Å²) >= 11 is 0. The van der Waals surface area contributed by atoms with Crippen molar-refractivity contribution in [1.82, 2.24) is 4.98 Å². The Morgan fingerprint density at radius 3 is 2.38 bits per heavy atom. The number of aryl methyl sites for hydroxylation is 1. The third-order valence-electron chi connectivity index (χ3n) is 2.56. The topological polar surface area (TPSA) is 51.3 Å². The fraction of sp³-hybridized carbons (Fsp3) is 0.250. The molecule has 0 saturated heterocycles. The predicted molar refractivity (Wildman–Crippen MR) is 62.4 cm³/mol. The first kappa shape index (κ1) is 10.5. The Morgan fingerprint density at radius 2 is 1.75 bits per heavy atom. The summed E-state index contributed by atoms with van der Waals surface area (Å²) in [5.74, 6) is 1.35. The lowest BCUT2D eigenvalue weighted by molar-refractivity contribution is 0.409. The van der Waals surface area contributed by atoms with Gasteiger partial charge in [0.15, 0.2) is 0 Å². The van der Waals surface area contributed by atoms with Gasteiger partial charge in [-0.25, -0.2) is 0 Å². The number of fused-ring (bicyclic) bond motifs is 1. The number of nitrogens with one attached hydrogen (secondary N) is 1. The van der Waals surface area contributed by atoms with Crippen molar-refractivity contribution in [3.05, 3.63) is 34.1 Å². The highest BCUT2D eigenvalue weighted by atomic mass is 16.5. The van der Waals surface area contributed by atoms with Crippen LogP contribution in [0.25, 0.3) is 10.9 Å². The van der Waals surface area contributed by atoms with E-state index < -0.39 is 0 Å². The average molecular weight is 219 g/mol. The number of aromatic amines is 1. The minimum Gasteiger partial charge on any atom is -0.496 e. The van der Waals surface area contributed by atoms with E-state index in [1.165, 1.54) is 0 Å². The molecule has 0 radical (unpaired) electrons. The lowest BCUT2D eigenvalue weighted by Gasteiger charge is -2.09. The molecule has 84 valence electrons. The van der Waals surface area contributed by atoms with Crippen molar-refractivity contribution in [3.8, 4) is 11.5 Å². The molecule has 2 rings (SSSR count). The third-order valence-corrected chi connectivity index (χ3v) is 2.56. The number of H-pyrrole nitrogens is 1. The maximum absolute atomic E-state index is 11.5. The van der Waals surface area contributed by atoms with E-state index in [0.29, 0.717) is 16.8 Å². The van der Waals surface area contributed by atoms with E-state index >= 15 is 0 Å². The Hall–Kier alpha value is -1.97. The lowest BCUT2D eigenvalue weighted by atomic mass is 10.1. The number of aromatic nitrogens is 1. The summed E-state index contributed by atoms with van der Waals surface area (Å²) in [7, 11) is 3.17. The van der Waals surface area contributed by atoms with Gasteiger partial charge in [-0.15, -0.1) is 0 Å². The quantitative estimate of drug-likeness (QED) is 0.838. The van der Waals surface area contributed by atoms with Crippen molar-refractivity contribution < 1.29 is 9.47 Å². The summed E-state index contributed by atoms with van der Waals surface area (Å²) < 4.78 is 10.4. The number of ether oxygens (including phenoxy) is 2. The summed E-state index contributed by atoms with van der Waals surface area (Å²) in [6.07, 6.45) is 0. The van der Waals surface area contributed by atoms with Crippen LogP contribution in [-0.4, -0.2) is 19.2 Å². The maximum atomic E-state index is 11.5. The molecule has 0 atom stereocenters. The molecule has 16 heavy (non-hydrogen) atoms. The van der Waals surface area contributed by atoms with Crippen LogP contribution in [0, 0.1) is 6.92 Å². The molecule has 0 aliphatic carbocycles. The standard InChI is InChI=1S/C12H13NO3/c1-7-6-8-9(15-2)4-5-10(16-3)11(8)13-12(7)14/h4-6H,1-3H3,(H,13,14). The summed E-state index contributed by atoms with van der Waals surface area (Å²) in [5, 5.41) is 0.846. The van der Waals surface area contributed by atoms with Gasteiger partial charge in [-0.1, -0.05) is 0 Å². The molecular formula is C12H13NO3. The normalized spacial score (nSPS) is 10.4. The molecule has 1 aromatic heterocycles. The van der Waals surface area contributed by atoms with E-state index in [-0.39, 0.29) is 5.56 Å². The Bertz CT molecular complexity index is 587. The summed E-state index contributed by atoms with van der Waals surface area (Å²) in [5.41, 5.74) is 1.20. The number of rotatable bonds is 2. The average Bonchev–Trinajstić information content (AvgIpc) is 2.29. The third kappa shape index (κ3) is 1.52. The largest absolute Gasteiger partial charge is 0.496 e. The number of hydrogen-bond acceptors (Lipinski definition) is 3. The summed E-state index contributed by atoms with van der Waals surface area (Å²) in [6.45, 7) is 1.76. The van der Waals surface area contributed by atoms with E-state index in [9.17, 15) is 4.79 Å². The van der Waals surface area contributed by atoms with Gasteiger partial charge in [-0.2, -0.15) is 0 Å². The first-order valence-electron chi connectivity index (χ1n) is 4.92. The molecule has 0 aliphatic rings. The van der Waals surface area contributed by atoms with Gasteiger partial charge in [0.05, 0.1) is 19.7 Å². The van der Waals surface area contributed by atoms with Gasteiger partial charge in [-0.3, -0.25) is 4.79 Å². The fourth-order valence-corrected chi connectivity index (χ4v) is 1.69. The van der Waals surface area contributed by atoms with E-state index in [0.717, 1.165) is 11.1 Å². The van der Waals surface area contributed by atoms with Crippen molar-refractivity contribution in [3.63, 3.8) is 0 Å². The van der Waals surface area contributed by atoms with Gasteiger partial charge in [0, 0.05) is 10.9 Å². The second kappa shape index (κ2) is 3.89. The van der Waals surface area contributed by atoms with Crippen LogP contribution in [0.3, 0.4) is 0 Å². The van der Waals surface area contributed by atoms with Gasteiger partial charge < -0.3 is 14.5 Å². The number of benzene rings is 1. The van der Waals surface area contributed by atoms with Crippen LogP contribution in [0.2, 0.25) is 0 Å².